The molecule has 0 bridgehead atoms. The Kier molecular flexibility index (Phi) is 36.7. The molecule has 1 N–H and O–H groups in total. The van der Waals surface area contributed by atoms with Crippen molar-refractivity contribution < 1.29 is 37.3 Å². The summed E-state index contributed by atoms with van der Waals surface area (Å²) in [6, 6.07) is 0. The number of likely N-dealkylation sites (N-methyl/N-ethyl adjacent to an activating group) is 1. The number of ether oxygens (including phenoxy) is 2. The van der Waals surface area contributed by atoms with Gasteiger partial charge in [-0.1, -0.05) is 157 Å². The Morgan fingerprint density at radius 2 is 1.07 bits per heavy atom. The van der Waals surface area contributed by atoms with Gasteiger partial charge in [-0.05, 0) is 63.9 Å². The van der Waals surface area contributed by atoms with Gasteiger partial charge in [-0.15, -0.1) is 0 Å². The molecular formula is C46H81NO7P+. The van der Waals surface area contributed by atoms with Crippen LogP contribution in [0.1, 0.15) is 149 Å². The van der Waals surface area contributed by atoms with E-state index in [1.165, 1.54) is 70.6 Å². The fourth-order valence-corrected chi connectivity index (χ4v) is 5.99. The summed E-state index contributed by atoms with van der Waals surface area (Å²) in [5, 5.41) is 0. The van der Waals surface area contributed by atoms with Gasteiger partial charge in [-0.3, -0.25) is 13.8 Å². The lowest BCUT2D eigenvalue weighted by Gasteiger charge is -2.24. The fraction of sp³-hybridized carbons (Fsp3) is 0.674. The maximum absolute atomic E-state index is 12.6. The number of esters is 1. The topological polar surface area (TPSA) is 91.3 Å². The van der Waals surface area contributed by atoms with Gasteiger partial charge < -0.3 is 18.9 Å². The van der Waals surface area contributed by atoms with Crippen molar-refractivity contribution in [3.63, 3.8) is 0 Å². The van der Waals surface area contributed by atoms with E-state index in [-0.39, 0.29) is 26.2 Å². The van der Waals surface area contributed by atoms with E-state index in [4.69, 9.17) is 18.5 Å². The minimum Gasteiger partial charge on any atom is -0.498 e. The molecule has 0 radical (unpaired) electrons. The molecule has 0 saturated heterocycles. The first kappa shape index (κ1) is 52.5. The number of hydrogen-bond acceptors (Lipinski definition) is 6. The van der Waals surface area contributed by atoms with Gasteiger partial charge in [0, 0.05) is 6.42 Å². The molecule has 0 spiro atoms. The zero-order valence-electron chi connectivity index (χ0n) is 35.6. The fourth-order valence-electron chi connectivity index (χ4n) is 5.25. The number of phosphoric ester groups is 1. The van der Waals surface area contributed by atoms with Gasteiger partial charge in [0.2, 0.25) is 0 Å². The average molecular weight is 791 g/mol. The van der Waals surface area contributed by atoms with Crippen molar-refractivity contribution >= 4 is 13.8 Å². The quantitative estimate of drug-likeness (QED) is 0.0166. The first-order valence-corrected chi connectivity index (χ1v) is 22.9. The molecule has 0 fully saturated rings. The van der Waals surface area contributed by atoms with Crippen LogP contribution in [0.3, 0.4) is 0 Å². The molecule has 2 atom stereocenters. The largest absolute Gasteiger partial charge is 0.498 e. The number of rotatable bonds is 38. The SMILES string of the molecule is CC/C=C/C/C=C/C/C=C/C/C=C/C/C=C/C/C=C/CCC(=O)O[C@H](CO/C=C/CCCCCCCCCCCCCC)COP(=O)(O)OCC[N+](C)(C)C. The van der Waals surface area contributed by atoms with Crippen molar-refractivity contribution in [2.24, 2.45) is 0 Å². The Balaban J connectivity index is 4.46. The number of unbranched alkanes of at least 4 members (excludes halogenated alkanes) is 12. The number of hydrogen-bond donors (Lipinski definition) is 1. The van der Waals surface area contributed by atoms with E-state index in [1.54, 1.807) is 6.26 Å². The number of carbonyl (C=O) groups is 1. The minimum absolute atomic E-state index is 0.0134. The number of nitrogens with zero attached hydrogens (tertiary/aromatic N) is 1. The Morgan fingerprint density at radius 1 is 0.600 bits per heavy atom. The van der Waals surface area contributed by atoms with Gasteiger partial charge in [-0.25, -0.2) is 4.57 Å². The molecule has 0 aliphatic heterocycles. The van der Waals surface area contributed by atoms with E-state index >= 15 is 0 Å². The van der Waals surface area contributed by atoms with Crippen LogP contribution in [-0.4, -0.2) is 69.0 Å². The molecule has 0 saturated carbocycles. The van der Waals surface area contributed by atoms with E-state index < -0.39 is 19.9 Å². The zero-order valence-corrected chi connectivity index (χ0v) is 36.5. The highest BCUT2D eigenvalue weighted by Gasteiger charge is 2.26. The molecule has 0 aromatic rings. The van der Waals surface area contributed by atoms with Gasteiger partial charge in [0.05, 0.1) is 34.0 Å². The molecule has 0 aliphatic rings. The van der Waals surface area contributed by atoms with E-state index in [2.05, 4.69) is 74.6 Å². The molecule has 316 valence electrons. The Hall–Kier alpha value is -2.48. The first-order chi connectivity index (χ1) is 26.6. The van der Waals surface area contributed by atoms with Crippen LogP contribution in [0, 0.1) is 0 Å². The average Bonchev–Trinajstić information content (AvgIpc) is 3.13. The number of carbonyl (C=O) groups excluding carboxylic acids is 1. The van der Waals surface area contributed by atoms with Crippen molar-refractivity contribution in [1.29, 1.82) is 0 Å². The van der Waals surface area contributed by atoms with Crippen molar-refractivity contribution in [2.45, 2.75) is 155 Å². The summed E-state index contributed by atoms with van der Waals surface area (Å²) in [5.74, 6) is -0.420. The number of quaternary nitrogens is 1. The van der Waals surface area contributed by atoms with Crippen molar-refractivity contribution in [1.82, 2.24) is 0 Å². The summed E-state index contributed by atoms with van der Waals surface area (Å²) in [7, 11) is 1.58. The molecule has 0 aromatic carbocycles. The summed E-state index contributed by atoms with van der Waals surface area (Å²) < 4.78 is 34.6. The number of phosphoric acid groups is 1. The molecule has 0 aromatic heterocycles. The summed E-state index contributed by atoms with van der Waals surface area (Å²) in [5.41, 5.74) is 0. The van der Waals surface area contributed by atoms with Crippen LogP contribution in [0.25, 0.3) is 0 Å². The second-order valence-electron chi connectivity index (χ2n) is 15.1. The van der Waals surface area contributed by atoms with Crippen LogP contribution in [0.2, 0.25) is 0 Å². The predicted molar refractivity (Wildman–Crippen MR) is 233 cm³/mol. The van der Waals surface area contributed by atoms with Gasteiger partial charge in [0.1, 0.15) is 19.8 Å². The highest BCUT2D eigenvalue weighted by Crippen LogP contribution is 2.43. The maximum atomic E-state index is 12.6. The van der Waals surface area contributed by atoms with Crippen LogP contribution in [-0.2, 0) is 27.9 Å². The molecule has 0 rings (SSSR count). The van der Waals surface area contributed by atoms with Crippen LogP contribution in [0.5, 0.6) is 0 Å². The summed E-state index contributed by atoms with van der Waals surface area (Å²) in [6.07, 6.45) is 51.5. The Morgan fingerprint density at radius 3 is 1.56 bits per heavy atom. The van der Waals surface area contributed by atoms with Gasteiger partial charge >= 0.3 is 13.8 Å². The molecule has 0 amide bonds. The molecule has 55 heavy (non-hydrogen) atoms. The minimum atomic E-state index is -4.31. The normalized spacial score (nSPS) is 14.6. The second kappa shape index (κ2) is 38.4. The Bertz CT molecular complexity index is 1150. The van der Waals surface area contributed by atoms with Gasteiger partial charge in [0.25, 0.3) is 0 Å². The summed E-state index contributed by atoms with van der Waals surface area (Å²) >= 11 is 0. The van der Waals surface area contributed by atoms with Crippen LogP contribution < -0.4 is 0 Å². The lowest BCUT2D eigenvalue weighted by atomic mass is 10.0. The van der Waals surface area contributed by atoms with E-state index in [9.17, 15) is 14.3 Å². The third-order valence-electron chi connectivity index (χ3n) is 8.55. The van der Waals surface area contributed by atoms with Crippen molar-refractivity contribution in [2.75, 3.05) is 47.5 Å². The molecular weight excluding hydrogens is 709 g/mol. The summed E-state index contributed by atoms with van der Waals surface area (Å²) in [6.45, 7) is 4.71. The first-order valence-electron chi connectivity index (χ1n) is 21.4. The van der Waals surface area contributed by atoms with E-state index in [0.717, 1.165) is 51.4 Å². The van der Waals surface area contributed by atoms with Gasteiger partial charge in [0.15, 0.2) is 6.10 Å². The van der Waals surface area contributed by atoms with E-state index in [1.807, 2.05) is 39.4 Å². The monoisotopic (exact) mass is 791 g/mol. The third-order valence-corrected chi connectivity index (χ3v) is 9.53. The van der Waals surface area contributed by atoms with Crippen LogP contribution in [0.15, 0.2) is 85.3 Å². The number of allylic oxidation sites excluding steroid dienone is 13. The molecule has 8 nitrogen and oxygen atoms in total. The standard InChI is InChI=1S/C46H80NO7P/c1-6-8-10-12-14-16-18-20-22-23-24-25-26-27-29-31-33-35-37-39-46(48)54-45(44-53-55(49,50)52-42-40-47(3,4)5)43-51-41-38-36-34-32-30-28-21-19-17-15-13-11-9-7-2/h8,10,14,16,20,22,24-25,27,29,33,35,38,41,45H,6-7,9,11-13,15,17-19,21,23,26,28,30-32,34,36-37,39-40,42-44H2,1-5H3/p+1/b10-8+,16-14+,22-20+,25-24+,29-27+,35-33+,41-38+/t45-/m1/s1. The van der Waals surface area contributed by atoms with Crippen LogP contribution in [0.4, 0.5) is 0 Å². The van der Waals surface area contributed by atoms with E-state index in [0.29, 0.717) is 17.4 Å². The molecule has 0 aliphatic carbocycles. The second-order valence-corrected chi connectivity index (χ2v) is 16.5. The molecule has 1 unspecified atom stereocenters. The van der Waals surface area contributed by atoms with Gasteiger partial charge in [-0.2, -0.15) is 0 Å². The third kappa shape index (κ3) is 42.5. The molecule has 9 heteroatoms. The summed E-state index contributed by atoms with van der Waals surface area (Å²) in [4.78, 5) is 22.8. The van der Waals surface area contributed by atoms with Crippen LogP contribution >= 0.6 is 7.82 Å². The molecule has 0 heterocycles. The zero-order chi connectivity index (χ0) is 40.6. The highest BCUT2D eigenvalue weighted by atomic mass is 31.2. The Labute approximate surface area is 337 Å². The highest BCUT2D eigenvalue weighted by molar-refractivity contribution is 7.47. The van der Waals surface area contributed by atoms with Crippen molar-refractivity contribution in [3.8, 4) is 0 Å². The maximum Gasteiger partial charge on any atom is 0.472 e. The van der Waals surface area contributed by atoms with Crippen molar-refractivity contribution in [3.05, 3.63) is 85.3 Å². The lowest BCUT2D eigenvalue weighted by molar-refractivity contribution is -0.870. The smallest absolute Gasteiger partial charge is 0.472 e. The lowest BCUT2D eigenvalue weighted by Crippen LogP contribution is -2.37. The predicted octanol–water partition coefficient (Wildman–Crippen LogP) is 12.8.